The summed E-state index contributed by atoms with van der Waals surface area (Å²) in [6.07, 6.45) is 3.52. The Morgan fingerprint density at radius 1 is 1.25 bits per heavy atom. The van der Waals surface area contributed by atoms with E-state index in [2.05, 4.69) is 39.8 Å². The Kier molecular flexibility index (Phi) is 5.04. The van der Waals surface area contributed by atoms with E-state index in [1.807, 2.05) is 6.07 Å². The summed E-state index contributed by atoms with van der Waals surface area (Å²) in [5.41, 5.74) is 5.76. The first-order valence-corrected chi connectivity index (χ1v) is 8.70. The van der Waals surface area contributed by atoms with Crippen LogP contribution in [0.5, 0.6) is 0 Å². The second-order valence-corrected chi connectivity index (χ2v) is 6.97. The van der Waals surface area contributed by atoms with Gasteiger partial charge in [-0.2, -0.15) is 0 Å². The normalized spacial score (nSPS) is 22.1. The lowest BCUT2D eigenvalue weighted by atomic mass is 10.1. The van der Waals surface area contributed by atoms with Crippen LogP contribution >= 0.6 is 0 Å². The Hall–Kier alpha value is -2.08. The van der Waals surface area contributed by atoms with Gasteiger partial charge in [0.1, 0.15) is 5.54 Å². The van der Waals surface area contributed by atoms with E-state index in [1.54, 1.807) is 0 Å². The number of hydrogen-bond donors (Lipinski definition) is 3. The zero-order chi connectivity index (χ0) is 17.0. The second-order valence-electron chi connectivity index (χ2n) is 6.97. The molecule has 1 saturated carbocycles. The number of primary amides is 1. The summed E-state index contributed by atoms with van der Waals surface area (Å²) in [6.45, 7) is 3.83. The number of nitrogens with zero attached hydrogens (tertiary/aromatic N) is 1. The number of nitrogens with two attached hydrogens (primary N) is 1. The lowest BCUT2D eigenvalue weighted by Crippen LogP contribution is -2.51. The van der Waals surface area contributed by atoms with Crippen molar-refractivity contribution in [2.45, 2.75) is 31.2 Å². The topological polar surface area (TPSA) is 87.5 Å². The van der Waals surface area contributed by atoms with Gasteiger partial charge in [-0.1, -0.05) is 30.3 Å². The van der Waals surface area contributed by atoms with Gasteiger partial charge in [0.25, 0.3) is 0 Å². The van der Waals surface area contributed by atoms with Crippen LogP contribution in [0.15, 0.2) is 30.3 Å². The molecule has 1 heterocycles. The Morgan fingerprint density at radius 3 is 2.67 bits per heavy atom. The zero-order valence-corrected chi connectivity index (χ0v) is 14.0. The molecular formula is C18H26N4O2. The largest absolute Gasteiger partial charge is 0.354 e. The van der Waals surface area contributed by atoms with Crippen molar-refractivity contribution in [2.24, 2.45) is 11.7 Å². The lowest BCUT2D eigenvalue weighted by Gasteiger charge is -2.19. The summed E-state index contributed by atoms with van der Waals surface area (Å²) in [5, 5.41) is 5.56. The van der Waals surface area contributed by atoms with E-state index in [0.717, 1.165) is 32.5 Å². The summed E-state index contributed by atoms with van der Waals surface area (Å²) < 4.78 is 0. The van der Waals surface area contributed by atoms with Crippen molar-refractivity contribution in [1.29, 1.82) is 0 Å². The molecule has 1 unspecified atom stereocenters. The fourth-order valence-electron chi connectivity index (χ4n) is 3.39. The molecule has 0 bridgehead atoms. The summed E-state index contributed by atoms with van der Waals surface area (Å²) in [7, 11) is 0. The van der Waals surface area contributed by atoms with Crippen LogP contribution in [0.4, 0.5) is 4.79 Å². The third-order valence-corrected chi connectivity index (χ3v) is 5.03. The third kappa shape index (κ3) is 4.26. The summed E-state index contributed by atoms with van der Waals surface area (Å²) in [5.74, 6) is 0.387. The van der Waals surface area contributed by atoms with Gasteiger partial charge < -0.3 is 21.3 Å². The monoisotopic (exact) mass is 330 g/mol. The maximum absolute atomic E-state index is 12.2. The number of carbonyl (C=O) groups is 2. The van der Waals surface area contributed by atoms with Gasteiger partial charge >= 0.3 is 6.03 Å². The van der Waals surface area contributed by atoms with Crippen LogP contribution in [-0.2, 0) is 11.2 Å². The average Bonchev–Trinajstić information content (AvgIpc) is 3.20. The highest BCUT2D eigenvalue weighted by Crippen LogP contribution is 2.35. The molecule has 2 aliphatic rings. The first-order valence-electron chi connectivity index (χ1n) is 8.70. The Bertz CT molecular complexity index is 586. The standard InChI is InChI=1S/C18H26N4O2/c19-17(24)21-18(8-9-18)16(23)20-12-15-7-11-22(13-15)10-6-14-4-2-1-3-5-14/h1-5,15H,6-13H2,(H,20,23)(H3,19,21,24). The minimum Gasteiger partial charge on any atom is -0.354 e. The fourth-order valence-corrected chi connectivity index (χ4v) is 3.39. The van der Waals surface area contributed by atoms with Crippen LogP contribution in [0.3, 0.4) is 0 Å². The van der Waals surface area contributed by atoms with Gasteiger partial charge in [-0.25, -0.2) is 4.79 Å². The van der Waals surface area contributed by atoms with E-state index in [1.165, 1.54) is 5.56 Å². The van der Waals surface area contributed by atoms with Crippen molar-refractivity contribution in [3.8, 4) is 0 Å². The van der Waals surface area contributed by atoms with Crippen LogP contribution in [0.2, 0.25) is 0 Å². The molecule has 0 spiro atoms. The van der Waals surface area contributed by atoms with Crippen molar-refractivity contribution < 1.29 is 9.59 Å². The molecule has 1 aromatic carbocycles. The van der Waals surface area contributed by atoms with E-state index in [4.69, 9.17) is 5.73 Å². The molecule has 130 valence electrons. The molecule has 24 heavy (non-hydrogen) atoms. The van der Waals surface area contributed by atoms with Crippen LogP contribution in [0.25, 0.3) is 0 Å². The third-order valence-electron chi connectivity index (χ3n) is 5.03. The highest BCUT2D eigenvalue weighted by Gasteiger charge is 2.51. The molecule has 3 amide bonds. The first-order chi connectivity index (χ1) is 11.6. The minimum atomic E-state index is -0.739. The predicted molar refractivity (Wildman–Crippen MR) is 92.4 cm³/mol. The van der Waals surface area contributed by atoms with Gasteiger partial charge in [0.2, 0.25) is 5.91 Å². The Labute approximate surface area is 142 Å². The Balaban J connectivity index is 1.37. The van der Waals surface area contributed by atoms with Crippen LogP contribution in [-0.4, -0.2) is 48.6 Å². The fraction of sp³-hybridized carbons (Fsp3) is 0.556. The van der Waals surface area contributed by atoms with Gasteiger partial charge in [-0.15, -0.1) is 0 Å². The number of nitrogens with one attached hydrogen (secondary N) is 2. The molecule has 2 fully saturated rings. The molecule has 0 aromatic heterocycles. The minimum absolute atomic E-state index is 0.0935. The van der Waals surface area contributed by atoms with E-state index >= 15 is 0 Å². The predicted octanol–water partition coefficient (Wildman–Crippen LogP) is 0.868. The van der Waals surface area contributed by atoms with E-state index in [9.17, 15) is 9.59 Å². The number of amides is 3. The maximum Gasteiger partial charge on any atom is 0.313 e. The van der Waals surface area contributed by atoms with E-state index in [-0.39, 0.29) is 5.91 Å². The van der Waals surface area contributed by atoms with Crippen molar-refractivity contribution in [2.75, 3.05) is 26.2 Å². The smallest absolute Gasteiger partial charge is 0.313 e. The number of hydrogen-bond acceptors (Lipinski definition) is 3. The molecule has 1 aliphatic heterocycles. The van der Waals surface area contributed by atoms with Crippen LogP contribution in [0.1, 0.15) is 24.8 Å². The molecule has 4 N–H and O–H groups in total. The van der Waals surface area contributed by atoms with Gasteiger partial charge in [0.15, 0.2) is 0 Å². The molecule has 3 rings (SSSR count). The number of urea groups is 1. The van der Waals surface area contributed by atoms with Gasteiger partial charge in [-0.3, -0.25) is 4.79 Å². The van der Waals surface area contributed by atoms with Gasteiger partial charge in [0, 0.05) is 19.6 Å². The zero-order valence-electron chi connectivity index (χ0n) is 14.0. The van der Waals surface area contributed by atoms with Gasteiger partial charge in [0.05, 0.1) is 0 Å². The van der Waals surface area contributed by atoms with E-state index in [0.29, 0.717) is 25.3 Å². The Morgan fingerprint density at radius 2 is 2.00 bits per heavy atom. The molecule has 1 saturated heterocycles. The van der Waals surface area contributed by atoms with E-state index < -0.39 is 11.6 Å². The molecule has 1 aliphatic carbocycles. The van der Waals surface area contributed by atoms with Crippen molar-refractivity contribution >= 4 is 11.9 Å². The lowest BCUT2D eigenvalue weighted by molar-refractivity contribution is -0.124. The van der Waals surface area contributed by atoms with Crippen molar-refractivity contribution in [3.05, 3.63) is 35.9 Å². The number of benzene rings is 1. The molecule has 6 nitrogen and oxygen atoms in total. The molecular weight excluding hydrogens is 304 g/mol. The quantitative estimate of drug-likeness (QED) is 0.693. The van der Waals surface area contributed by atoms with Crippen LogP contribution < -0.4 is 16.4 Å². The van der Waals surface area contributed by atoms with Crippen molar-refractivity contribution in [1.82, 2.24) is 15.5 Å². The van der Waals surface area contributed by atoms with Gasteiger partial charge in [-0.05, 0) is 43.7 Å². The summed E-state index contributed by atoms with van der Waals surface area (Å²) in [6, 6.07) is 9.88. The highest BCUT2D eigenvalue weighted by atomic mass is 16.2. The molecule has 1 aromatic rings. The molecule has 6 heteroatoms. The molecule has 1 atom stereocenters. The van der Waals surface area contributed by atoms with Crippen LogP contribution in [0, 0.1) is 5.92 Å². The highest BCUT2D eigenvalue weighted by molar-refractivity contribution is 5.93. The maximum atomic E-state index is 12.2. The average molecular weight is 330 g/mol. The number of rotatable bonds is 7. The summed E-state index contributed by atoms with van der Waals surface area (Å²) >= 11 is 0. The second kappa shape index (κ2) is 7.21. The number of likely N-dealkylation sites (tertiary alicyclic amines) is 1. The van der Waals surface area contributed by atoms with Crippen molar-refractivity contribution in [3.63, 3.8) is 0 Å². The SMILES string of the molecule is NC(=O)NC1(C(=O)NCC2CCN(CCc3ccccc3)C2)CC1. The number of carbonyl (C=O) groups excluding carboxylic acids is 2. The first kappa shape index (κ1) is 16.8. The summed E-state index contributed by atoms with van der Waals surface area (Å²) in [4.78, 5) is 25.6. The molecule has 0 radical (unpaired) electrons.